The molecule has 0 radical (unpaired) electrons. The molecule has 1 aliphatic rings. The number of hydrogen-bond donors (Lipinski definition) is 1. The molecule has 0 spiro atoms. The molecule has 0 atom stereocenters. The number of ether oxygens (including phenoxy) is 1. The number of nitrogens with one attached hydrogen (secondary N) is 1. The molecule has 0 aliphatic carbocycles. The van der Waals surface area contributed by atoms with E-state index < -0.39 is 0 Å². The molecule has 2 aromatic carbocycles. The molecule has 32 heavy (non-hydrogen) atoms. The number of amides is 1. The Morgan fingerprint density at radius 2 is 1.91 bits per heavy atom. The van der Waals surface area contributed by atoms with E-state index >= 15 is 0 Å². The number of nitrogens with zero attached hydrogens (tertiary/aromatic N) is 4. The van der Waals surface area contributed by atoms with Crippen LogP contribution in [0, 0.1) is 0 Å². The normalized spacial score (nSPS) is 14.4. The fourth-order valence-electron chi connectivity index (χ4n) is 3.91. The van der Waals surface area contributed by atoms with Crippen LogP contribution >= 0.6 is 0 Å². The minimum absolute atomic E-state index is 0.316. The van der Waals surface area contributed by atoms with Crippen molar-refractivity contribution in [3.8, 4) is 11.1 Å². The van der Waals surface area contributed by atoms with Gasteiger partial charge in [-0.1, -0.05) is 42.5 Å². The second kappa shape index (κ2) is 9.21. The van der Waals surface area contributed by atoms with Crippen molar-refractivity contribution in [2.24, 2.45) is 0 Å². The van der Waals surface area contributed by atoms with Gasteiger partial charge in [-0.15, -0.1) is 0 Å². The monoisotopic (exact) mass is 425 g/mol. The number of aromatic nitrogens is 3. The Hall–Kier alpha value is -3.68. The molecule has 1 N–H and O–H groups in total. The van der Waals surface area contributed by atoms with Crippen molar-refractivity contribution in [1.29, 1.82) is 0 Å². The average Bonchev–Trinajstić information content (AvgIpc) is 2.85. The molecular weight excluding hydrogens is 402 g/mol. The molecular formula is C25H23N5O2. The van der Waals surface area contributed by atoms with Gasteiger partial charge in [0.05, 0.1) is 24.9 Å². The molecule has 5 rings (SSSR count). The predicted molar refractivity (Wildman–Crippen MR) is 123 cm³/mol. The molecule has 7 nitrogen and oxygen atoms in total. The van der Waals surface area contributed by atoms with Gasteiger partial charge < -0.3 is 10.1 Å². The van der Waals surface area contributed by atoms with E-state index in [1.807, 2.05) is 24.3 Å². The molecule has 2 aromatic heterocycles. The quantitative estimate of drug-likeness (QED) is 0.524. The van der Waals surface area contributed by atoms with Crippen molar-refractivity contribution in [1.82, 2.24) is 19.9 Å². The minimum Gasteiger partial charge on any atom is -0.379 e. The second-order valence-corrected chi connectivity index (χ2v) is 7.71. The van der Waals surface area contributed by atoms with E-state index in [-0.39, 0.29) is 5.91 Å². The zero-order valence-electron chi connectivity index (χ0n) is 17.6. The first kappa shape index (κ1) is 20.2. The fourth-order valence-corrected chi connectivity index (χ4v) is 3.91. The summed E-state index contributed by atoms with van der Waals surface area (Å²) in [5, 5.41) is 3.73. The number of pyridine rings is 1. The van der Waals surface area contributed by atoms with Crippen molar-refractivity contribution < 1.29 is 9.53 Å². The van der Waals surface area contributed by atoms with Crippen LogP contribution in [0.3, 0.4) is 0 Å². The summed E-state index contributed by atoms with van der Waals surface area (Å²) < 4.78 is 5.46. The SMILES string of the molecule is O=C(Nc1cnccn1)c1ccc2cccc(-c3cccc(CN4CCOCC4)c3)c2n1. The Balaban J connectivity index is 1.45. The second-order valence-electron chi connectivity index (χ2n) is 7.71. The van der Waals surface area contributed by atoms with Crippen molar-refractivity contribution >= 4 is 22.6 Å². The minimum atomic E-state index is -0.316. The number of para-hydroxylation sites is 1. The van der Waals surface area contributed by atoms with Crippen LogP contribution in [-0.2, 0) is 11.3 Å². The largest absolute Gasteiger partial charge is 0.379 e. The molecule has 1 saturated heterocycles. The van der Waals surface area contributed by atoms with E-state index in [2.05, 4.69) is 44.5 Å². The third kappa shape index (κ3) is 4.49. The van der Waals surface area contributed by atoms with Crippen LogP contribution in [0.4, 0.5) is 5.82 Å². The highest BCUT2D eigenvalue weighted by molar-refractivity contribution is 6.04. The number of hydrogen-bond acceptors (Lipinski definition) is 6. The summed E-state index contributed by atoms with van der Waals surface area (Å²) in [5.74, 6) is 0.0757. The van der Waals surface area contributed by atoms with Gasteiger partial charge in [0.2, 0.25) is 0 Å². The highest BCUT2D eigenvalue weighted by atomic mass is 16.5. The van der Waals surface area contributed by atoms with E-state index in [9.17, 15) is 4.79 Å². The van der Waals surface area contributed by atoms with Crippen LogP contribution in [0.25, 0.3) is 22.0 Å². The maximum absolute atomic E-state index is 12.7. The van der Waals surface area contributed by atoms with E-state index in [1.165, 1.54) is 18.0 Å². The number of carbonyl (C=O) groups excluding carboxylic acids is 1. The first-order valence-corrected chi connectivity index (χ1v) is 10.6. The molecule has 4 aromatic rings. The summed E-state index contributed by atoms with van der Waals surface area (Å²) in [6.45, 7) is 4.36. The Morgan fingerprint density at radius 3 is 2.75 bits per heavy atom. The molecule has 160 valence electrons. The van der Waals surface area contributed by atoms with Gasteiger partial charge in [0, 0.05) is 43.0 Å². The lowest BCUT2D eigenvalue weighted by Crippen LogP contribution is -2.35. The molecule has 1 fully saturated rings. The molecule has 1 aliphatic heterocycles. The molecule has 0 saturated carbocycles. The van der Waals surface area contributed by atoms with Gasteiger partial charge in [-0.2, -0.15) is 0 Å². The van der Waals surface area contributed by atoms with E-state index in [4.69, 9.17) is 9.72 Å². The third-order valence-electron chi connectivity index (χ3n) is 5.51. The van der Waals surface area contributed by atoms with Crippen molar-refractivity contribution in [2.45, 2.75) is 6.54 Å². The number of benzene rings is 2. The lowest BCUT2D eigenvalue weighted by Gasteiger charge is -2.26. The third-order valence-corrected chi connectivity index (χ3v) is 5.51. The summed E-state index contributed by atoms with van der Waals surface area (Å²) in [7, 11) is 0. The lowest BCUT2D eigenvalue weighted by atomic mass is 9.99. The van der Waals surface area contributed by atoms with E-state index in [0.717, 1.165) is 54.9 Å². The smallest absolute Gasteiger partial charge is 0.275 e. The summed E-state index contributed by atoms with van der Waals surface area (Å²) in [6, 6.07) is 18.3. The van der Waals surface area contributed by atoms with Gasteiger partial charge >= 0.3 is 0 Å². The number of rotatable bonds is 5. The molecule has 3 heterocycles. The van der Waals surface area contributed by atoms with Crippen LogP contribution in [0.15, 0.2) is 73.2 Å². The molecule has 0 unspecified atom stereocenters. The summed E-state index contributed by atoms with van der Waals surface area (Å²) >= 11 is 0. The van der Waals surface area contributed by atoms with E-state index in [1.54, 1.807) is 12.3 Å². The molecule has 7 heteroatoms. The van der Waals surface area contributed by atoms with Gasteiger partial charge in [-0.05, 0) is 23.3 Å². The van der Waals surface area contributed by atoms with Gasteiger partial charge in [0.15, 0.2) is 5.82 Å². The first-order valence-electron chi connectivity index (χ1n) is 10.6. The highest BCUT2D eigenvalue weighted by Crippen LogP contribution is 2.28. The first-order chi connectivity index (χ1) is 15.8. The summed E-state index contributed by atoms with van der Waals surface area (Å²) in [6.07, 6.45) is 4.60. The Labute approximate surface area is 186 Å². The van der Waals surface area contributed by atoms with Crippen LogP contribution in [0.2, 0.25) is 0 Å². The van der Waals surface area contributed by atoms with Gasteiger partial charge in [0.1, 0.15) is 5.69 Å². The van der Waals surface area contributed by atoms with Crippen LogP contribution < -0.4 is 5.32 Å². The number of anilines is 1. The van der Waals surface area contributed by atoms with Crippen molar-refractivity contribution in [3.05, 3.63) is 84.4 Å². The average molecular weight is 425 g/mol. The number of fused-ring (bicyclic) bond motifs is 1. The highest BCUT2D eigenvalue weighted by Gasteiger charge is 2.14. The zero-order chi connectivity index (χ0) is 21.8. The lowest BCUT2D eigenvalue weighted by molar-refractivity contribution is 0.0342. The predicted octanol–water partition coefficient (Wildman–Crippen LogP) is 3.78. The Morgan fingerprint density at radius 1 is 1.03 bits per heavy atom. The van der Waals surface area contributed by atoms with Gasteiger partial charge in [-0.25, -0.2) is 9.97 Å². The summed E-state index contributed by atoms with van der Waals surface area (Å²) in [4.78, 5) is 27.9. The summed E-state index contributed by atoms with van der Waals surface area (Å²) in [5.41, 5.74) is 4.46. The van der Waals surface area contributed by atoms with Gasteiger partial charge in [-0.3, -0.25) is 14.7 Å². The van der Waals surface area contributed by atoms with Crippen LogP contribution in [-0.4, -0.2) is 52.1 Å². The fraction of sp³-hybridized carbons (Fsp3) is 0.200. The Bertz CT molecular complexity index is 1240. The maximum Gasteiger partial charge on any atom is 0.275 e. The van der Waals surface area contributed by atoms with Crippen molar-refractivity contribution in [3.63, 3.8) is 0 Å². The van der Waals surface area contributed by atoms with E-state index in [0.29, 0.717) is 11.5 Å². The molecule has 1 amide bonds. The Kier molecular flexibility index (Phi) is 5.83. The zero-order valence-corrected chi connectivity index (χ0v) is 17.6. The molecule has 0 bridgehead atoms. The van der Waals surface area contributed by atoms with Crippen molar-refractivity contribution in [2.75, 3.05) is 31.6 Å². The van der Waals surface area contributed by atoms with Gasteiger partial charge in [0.25, 0.3) is 5.91 Å². The number of morpholine rings is 1. The topological polar surface area (TPSA) is 80.2 Å². The maximum atomic E-state index is 12.7. The standard InChI is InChI=1S/C25H23N5O2/c31-25(29-23-16-26-9-10-27-23)22-8-7-19-4-2-6-21(24(19)28-22)20-5-1-3-18(15-20)17-30-11-13-32-14-12-30/h1-10,15-16H,11-14,17H2,(H,27,29,31). The van der Waals surface area contributed by atoms with Crippen LogP contribution in [0.5, 0.6) is 0 Å². The van der Waals surface area contributed by atoms with Crippen LogP contribution in [0.1, 0.15) is 16.1 Å². The number of carbonyl (C=O) groups is 1.